The average Bonchev–Trinajstić information content (AvgIpc) is 2.44. The van der Waals surface area contributed by atoms with E-state index in [-0.39, 0.29) is 11.3 Å². The van der Waals surface area contributed by atoms with Crippen LogP contribution < -0.4 is 5.32 Å². The lowest BCUT2D eigenvalue weighted by Crippen LogP contribution is -2.35. The number of nitrogens with one attached hydrogen (secondary N) is 1. The quantitative estimate of drug-likeness (QED) is 0.444. The molecular weight excluding hydrogens is 266 g/mol. The van der Waals surface area contributed by atoms with Gasteiger partial charge in [-0.2, -0.15) is 0 Å². The van der Waals surface area contributed by atoms with Gasteiger partial charge in [-0.1, -0.05) is 40.5 Å². The van der Waals surface area contributed by atoms with Crippen molar-refractivity contribution < 1.29 is 14.3 Å². The van der Waals surface area contributed by atoms with Crippen LogP contribution in [-0.4, -0.2) is 32.5 Å². The van der Waals surface area contributed by atoms with Gasteiger partial charge in [0.25, 0.3) is 0 Å². The Morgan fingerprint density at radius 2 is 1.71 bits per heavy atom. The molecule has 0 heterocycles. The molecule has 0 spiro atoms. The third-order valence-electron chi connectivity index (χ3n) is 4.61. The van der Waals surface area contributed by atoms with Gasteiger partial charge in [0.2, 0.25) is 5.91 Å². The van der Waals surface area contributed by atoms with E-state index in [1.807, 2.05) is 27.7 Å². The van der Waals surface area contributed by atoms with E-state index in [0.717, 1.165) is 51.5 Å². The van der Waals surface area contributed by atoms with Gasteiger partial charge < -0.3 is 14.8 Å². The maximum absolute atomic E-state index is 11.8. The molecule has 0 aliphatic carbocycles. The summed E-state index contributed by atoms with van der Waals surface area (Å²) in [5.74, 6) is 0.0849. The number of rotatable bonds is 12. The van der Waals surface area contributed by atoms with Crippen molar-refractivity contribution in [3.8, 4) is 0 Å². The van der Waals surface area contributed by atoms with E-state index in [4.69, 9.17) is 4.74 Å². The minimum atomic E-state index is -0.408. The van der Waals surface area contributed by atoms with Gasteiger partial charge in [-0.25, -0.2) is 0 Å². The summed E-state index contributed by atoms with van der Waals surface area (Å²) in [6.07, 6.45) is 6.55. The van der Waals surface area contributed by atoms with Gasteiger partial charge in [0.1, 0.15) is 6.29 Å². The molecule has 0 unspecified atom stereocenters. The lowest BCUT2D eigenvalue weighted by Gasteiger charge is -2.37. The van der Waals surface area contributed by atoms with Gasteiger partial charge >= 0.3 is 0 Å². The van der Waals surface area contributed by atoms with E-state index < -0.39 is 5.41 Å². The molecule has 0 saturated heterocycles. The van der Waals surface area contributed by atoms with Crippen molar-refractivity contribution in [1.29, 1.82) is 0 Å². The molecular formula is C17H33NO3. The van der Waals surface area contributed by atoms with Crippen LogP contribution in [0.2, 0.25) is 0 Å². The molecule has 124 valence electrons. The summed E-state index contributed by atoms with van der Waals surface area (Å²) in [6.45, 7) is 9.50. The minimum Gasteiger partial charge on any atom is -0.385 e. The van der Waals surface area contributed by atoms with Crippen molar-refractivity contribution in [2.45, 2.75) is 66.2 Å². The normalized spacial score (nSPS) is 12.2. The molecule has 0 saturated carbocycles. The fourth-order valence-corrected chi connectivity index (χ4v) is 1.95. The van der Waals surface area contributed by atoms with Crippen LogP contribution in [-0.2, 0) is 14.3 Å². The maximum Gasteiger partial charge on any atom is 0.220 e. The van der Waals surface area contributed by atoms with E-state index in [9.17, 15) is 9.59 Å². The molecule has 0 atom stereocenters. The van der Waals surface area contributed by atoms with Gasteiger partial charge in [0, 0.05) is 32.1 Å². The molecule has 0 fully saturated rings. The lowest BCUT2D eigenvalue weighted by atomic mass is 9.66. The first-order chi connectivity index (χ1) is 9.77. The predicted octanol–water partition coefficient (Wildman–Crippen LogP) is 3.34. The van der Waals surface area contributed by atoms with Crippen LogP contribution in [0.3, 0.4) is 0 Å². The zero-order chi connectivity index (χ0) is 16.4. The largest absolute Gasteiger partial charge is 0.385 e. The van der Waals surface area contributed by atoms with Crippen LogP contribution in [0.25, 0.3) is 0 Å². The average molecular weight is 299 g/mol. The summed E-state index contributed by atoms with van der Waals surface area (Å²) in [5, 5.41) is 2.96. The zero-order valence-corrected chi connectivity index (χ0v) is 14.5. The smallest absolute Gasteiger partial charge is 0.220 e. The monoisotopic (exact) mass is 299 g/mol. The van der Waals surface area contributed by atoms with Crippen molar-refractivity contribution in [3.05, 3.63) is 0 Å². The Balaban J connectivity index is 3.79. The Bertz CT molecular complexity index is 311. The molecule has 21 heavy (non-hydrogen) atoms. The van der Waals surface area contributed by atoms with Gasteiger partial charge in [-0.15, -0.1) is 0 Å². The van der Waals surface area contributed by atoms with Crippen LogP contribution in [0.4, 0.5) is 0 Å². The Kier molecular flexibility index (Phi) is 9.51. The second-order valence-electron chi connectivity index (χ2n) is 6.98. The third-order valence-corrected chi connectivity index (χ3v) is 4.61. The topological polar surface area (TPSA) is 55.4 Å². The first kappa shape index (κ1) is 20.1. The highest BCUT2D eigenvalue weighted by Crippen LogP contribution is 2.40. The van der Waals surface area contributed by atoms with Crippen LogP contribution in [0.1, 0.15) is 66.2 Å². The number of unbranched alkanes of at least 4 members (excludes halogenated alkanes) is 3. The van der Waals surface area contributed by atoms with Gasteiger partial charge in [-0.3, -0.25) is 4.79 Å². The van der Waals surface area contributed by atoms with Crippen molar-refractivity contribution in [2.24, 2.45) is 10.8 Å². The lowest BCUT2D eigenvalue weighted by molar-refractivity contribution is -0.125. The molecule has 0 aliphatic heterocycles. The molecule has 0 aromatic carbocycles. The third kappa shape index (κ3) is 8.20. The van der Waals surface area contributed by atoms with Crippen LogP contribution in [0.15, 0.2) is 0 Å². The Hall–Kier alpha value is -0.900. The Morgan fingerprint density at radius 3 is 2.29 bits per heavy atom. The summed E-state index contributed by atoms with van der Waals surface area (Å²) in [4.78, 5) is 22.9. The number of hydrogen-bond acceptors (Lipinski definition) is 3. The maximum atomic E-state index is 11.8. The molecule has 0 aliphatic rings. The van der Waals surface area contributed by atoms with Crippen molar-refractivity contribution in [3.63, 3.8) is 0 Å². The number of aldehydes is 1. The number of amides is 1. The minimum absolute atomic E-state index is 0.0849. The molecule has 1 N–H and O–H groups in total. The van der Waals surface area contributed by atoms with Crippen LogP contribution in [0, 0.1) is 10.8 Å². The highest BCUT2D eigenvalue weighted by Gasteiger charge is 2.36. The summed E-state index contributed by atoms with van der Waals surface area (Å²) in [6, 6.07) is 0. The number of carbonyl (C=O) groups excluding carboxylic acids is 2. The fourth-order valence-electron chi connectivity index (χ4n) is 1.95. The van der Waals surface area contributed by atoms with E-state index in [1.54, 1.807) is 7.11 Å². The summed E-state index contributed by atoms with van der Waals surface area (Å²) in [7, 11) is 1.72. The number of methoxy groups -OCH3 is 1. The van der Waals surface area contributed by atoms with Crippen molar-refractivity contribution in [1.82, 2.24) is 5.32 Å². The molecule has 4 heteroatoms. The second kappa shape index (κ2) is 9.93. The molecule has 0 aromatic heterocycles. The zero-order valence-electron chi connectivity index (χ0n) is 14.5. The highest BCUT2D eigenvalue weighted by molar-refractivity contribution is 5.76. The van der Waals surface area contributed by atoms with Gasteiger partial charge in [0.15, 0.2) is 0 Å². The Labute approximate surface area is 130 Å². The summed E-state index contributed by atoms with van der Waals surface area (Å²) in [5.41, 5.74) is -0.582. The first-order valence-corrected chi connectivity index (χ1v) is 7.99. The fraction of sp³-hybridized carbons (Fsp3) is 0.882. The van der Waals surface area contributed by atoms with E-state index in [1.165, 1.54) is 0 Å². The van der Waals surface area contributed by atoms with Crippen molar-refractivity contribution >= 4 is 12.2 Å². The van der Waals surface area contributed by atoms with Gasteiger partial charge in [-0.05, 0) is 24.7 Å². The molecule has 0 rings (SSSR count). The van der Waals surface area contributed by atoms with Crippen LogP contribution in [0.5, 0.6) is 0 Å². The highest BCUT2D eigenvalue weighted by atomic mass is 16.5. The number of carbonyl (C=O) groups is 2. The standard InChI is InChI=1S/C17H33NO3/c1-16(2,17(3,4)14-19)11-10-15(20)18-12-8-6-7-9-13-21-5/h14H,6-13H2,1-5H3,(H,18,20). The molecule has 4 nitrogen and oxygen atoms in total. The summed E-state index contributed by atoms with van der Waals surface area (Å²) < 4.78 is 4.99. The Morgan fingerprint density at radius 1 is 1.10 bits per heavy atom. The number of ether oxygens (including phenoxy) is 1. The SMILES string of the molecule is COCCCCCCNC(=O)CCC(C)(C)C(C)(C)C=O. The molecule has 0 radical (unpaired) electrons. The predicted molar refractivity (Wildman–Crippen MR) is 86.2 cm³/mol. The van der Waals surface area contributed by atoms with E-state index in [0.29, 0.717) is 6.42 Å². The molecule has 0 bridgehead atoms. The number of hydrogen-bond donors (Lipinski definition) is 1. The first-order valence-electron chi connectivity index (χ1n) is 7.99. The van der Waals surface area contributed by atoms with E-state index >= 15 is 0 Å². The molecule has 1 amide bonds. The van der Waals surface area contributed by atoms with Crippen molar-refractivity contribution in [2.75, 3.05) is 20.3 Å². The van der Waals surface area contributed by atoms with E-state index in [2.05, 4.69) is 5.32 Å². The molecule has 0 aromatic rings. The van der Waals surface area contributed by atoms with Crippen LogP contribution >= 0.6 is 0 Å². The second-order valence-corrected chi connectivity index (χ2v) is 6.98. The van der Waals surface area contributed by atoms with Gasteiger partial charge in [0.05, 0.1) is 0 Å². The summed E-state index contributed by atoms with van der Waals surface area (Å²) >= 11 is 0.